The molecule has 0 unspecified atom stereocenters. The third kappa shape index (κ3) is 3.52. The van der Waals surface area contributed by atoms with E-state index in [1.807, 2.05) is 0 Å². The highest BCUT2D eigenvalue weighted by Gasteiger charge is 2.37. The van der Waals surface area contributed by atoms with Gasteiger partial charge >= 0.3 is 11.9 Å². The normalized spacial score (nSPS) is 15.6. The molecule has 7 nitrogen and oxygen atoms in total. The SMILES string of the molecule is COC(=O)C1=C(C)N(Cc2ccco2)C(=O)/C1=C\c1ccc(C(=O)O)cc1. The Hall–Kier alpha value is -3.61. The molecule has 0 saturated heterocycles. The Bertz CT molecular complexity index is 951. The minimum absolute atomic E-state index is 0.134. The summed E-state index contributed by atoms with van der Waals surface area (Å²) in [5.74, 6) is -1.43. The van der Waals surface area contributed by atoms with Crippen molar-refractivity contribution in [1.29, 1.82) is 0 Å². The van der Waals surface area contributed by atoms with E-state index in [4.69, 9.17) is 14.3 Å². The van der Waals surface area contributed by atoms with Gasteiger partial charge in [0.05, 0.1) is 36.6 Å². The van der Waals surface area contributed by atoms with Gasteiger partial charge in [0.15, 0.2) is 0 Å². The van der Waals surface area contributed by atoms with Crippen molar-refractivity contribution in [2.75, 3.05) is 7.11 Å². The minimum atomic E-state index is -1.04. The molecule has 27 heavy (non-hydrogen) atoms. The van der Waals surface area contributed by atoms with Gasteiger partial charge in [-0.05, 0) is 42.8 Å². The van der Waals surface area contributed by atoms with Crippen molar-refractivity contribution in [2.45, 2.75) is 13.5 Å². The maximum absolute atomic E-state index is 12.9. The number of furan rings is 1. The van der Waals surface area contributed by atoms with Crippen LogP contribution in [0, 0.1) is 0 Å². The van der Waals surface area contributed by atoms with Crippen LogP contribution < -0.4 is 0 Å². The van der Waals surface area contributed by atoms with Gasteiger partial charge in [-0.2, -0.15) is 0 Å². The van der Waals surface area contributed by atoms with E-state index in [1.165, 1.54) is 30.4 Å². The zero-order valence-corrected chi connectivity index (χ0v) is 14.8. The third-order valence-electron chi connectivity index (χ3n) is 4.26. The van der Waals surface area contributed by atoms with Crippen molar-refractivity contribution in [3.63, 3.8) is 0 Å². The van der Waals surface area contributed by atoms with Crippen molar-refractivity contribution in [3.05, 3.63) is 76.4 Å². The number of rotatable bonds is 5. The molecule has 0 aliphatic carbocycles. The van der Waals surface area contributed by atoms with Crippen molar-refractivity contribution >= 4 is 23.9 Å². The van der Waals surface area contributed by atoms with E-state index in [1.54, 1.807) is 37.3 Å². The van der Waals surface area contributed by atoms with E-state index in [-0.39, 0.29) is 29.2 Å². The number of carbonyl (C=O) groups is 3. The van der Waals surface area contributed by atoms with Gasteiger partial charge in [0.2, 0.25) is 0 Å². The average molecular weight is 367 g/mol. The summed E-state index contributed by atoms with van der Waals surface area (Å²) in [6.45, 7) is 1.86. The fraction of sp³-hybridized carbons (Fsp3) is 0.150. The molecule has 1 amide bonds. The van der Waals surface area contributed by atoms with Crippen LogP contribution in [0.1, 0.15) is 28.6 Å². The first-order valence-corrected chi connectivity index (χ1v) is 8.11. The van der Waals surface area contributed by atoms with Crippen molar-refractivity contribution in [1.82, 2.24) is 4.90 Å². The Morgan fingerprint density at radius 2 is 1.93 bits per heavy atom. The number of benzene rings is 1. The molecule has 1 aromatic heterocycles. The number of methoxy groups -OCH3 is 1. The monoisotopic (exact) mass is 367 g/mol. The number of nitrogens with zero attached hydrogens (tertiary/aromatic N) is 1. The third-order valence-corrected chi connectivity index (χ3v) is 4.26. The van der Waals surface area contributed by atoms with E-state index in [9.17, 15) is 14.4 Å². The molecule has 1 N–H and O–H groups in total. The van der Waals surface area contributed by atoms with E-state index < -0.39 is 11.9 Å². The first-order valence-electron chi connectivity index (χ1n) is 8.11. The number of hydrogen-bond acceptors (Lipinski definition) is 5. The van der Waals surface area contributed by atoms with Crippen LogP contribution in [-0.4, -0.2) is 35.0 Å². The lowest BCUT2D eigenvalue weighted by Gasteiger charge is -2.16. The van der Waals surface area contributed by atoms with Gasteiger partial charge in [0, 0.05) is 5.70 Å². The molecule has 3 rings (SSSR count). The van der Waals surface area contributed by atoms with Crippen molar-refractivity contribution < 1.29 is 28.6 Å². The lowest BCUT2D eigenvalue weighted by atomic mass is 10.0. The van der Waals surface area contributed by atoms with Crippen molar-refractivity contribution in [2.24, 2.45) is 0 Å². The smallest absolute Gasteiger partial charge is 0.340 e. The minimum Gasteiger partial charge on any atom is -0.478 e. The molecule has 0 fully saturated rings. The summed E-state index contributed by atoms with van der Waals surface area (Å²) < 4.78 is 10.1. The number of aromatic carboxylic acids is 1. The molecule has 2 aromatic rings. The molecule has 0 spiro atoms. The highest BCUT2D eigenvalue weighted by molar-refractivity contribution is 6.16. The molecular weight excluding hydrogens is 350 g/mol. The number of carboxylic acid groups (broad SMARTS) is 1. The lowest BCUT2D eigenvalue weighted by molar-refractivity contribution is -0.136. The van der Waals surface area contributed by atoms with Gasteiger partial charge in [-0.15, -0.1) is 0 Å². The van der Waals surface area contributed by atoms with E-state index in [0.29, 0.717) is 17.0 Å². The summed E-state index contributed by atoms with van der Waals surface area (Å²) in [6.07, 6.45) is 3.06. The molecule has 7 heteroatoms. The molecule has 0 saturated carbocycles. The molecule has 2 heterocycles. The summed E-state index contributed by atoms with van der Waals surface area (Å²) in [6, 6.07) is 9.47. The second-order valence-electron chi connectivity index (χ2n) is 5.91. The highest BCUT2D eigenvalue weighted by Crippen LogP contribution is 2.32. The van der Waals surface area contributed by atoms with Crippen LogP contribution in [0.25, 0.3) is 6.08 Å². The van der Waals surface area contributed by atoms with Crippen LogP contribution in [0.2, 0.25) is 0 Å². The summed E-state index contributed by atoms with van der Waals surface area (Å²) in [5.41, 5.74) is 1.56. The number of amides is 1. The topological polar surface area (TPSA) is 97.0 Å². The zero-order valence-electron chi connectivity index (χ0n) is 14.8. The number of ether oxygens (including phenoxy) is 1. The fourth-order valence-electron chi connectivity index (χ4n) is 2.87. The van der Waals surface area contributed by atoms with Gasteiger partial charge in [0.1, 0.15) is 5.76 Å². The second-order valence-corrected chi connectivity index (χ2v) is 5.91. The van der Waals surface area contributed by atoms with Gasteiger partial charge in [-0.1, -0.05) is 12.1 Å². The van der Waals surface area contributed by atoms with E-state index in [2.05, 4.69) is 0 Å². The lowest BCUT2D eigenvalue weighted by Crippen LogP contribution is -2.24. The number of carboxylic acids is 1. The molecule has 0 radical (unpaired) electrons. The molecule has 1 aliphatic rings. The van der Waals surface area contributed by atoms with Gasteiger partial charge in [0.25, 0.3) is 5.91 Å². The van der Waals surface area contributed by atoms with Crippen LogP contribution >= 0.6 is 0 Å². The first-order chi connectivity index (χ1) is 12.9. The molecule has 0 bridgehead atoms. The van der Waals surface area contributed by atoms with Crippen LogP contribution in [-0.2, 0) is 20.9 Å². The quantitative estimate of drug-likeness (QED) is 0.645. The molecular formula is C20H17NO6. The Kier molecular flexibility index (Phi) is 4.94. The first kappa shape index (κ1) is 18.2. The molecule has 1 aliphatic heterocycles. The summed E-state index contributed by atoms with van der Waals surface area (Å²) >= 11 is 0. The summed E-state index contributed by atoms with van der Waals surface area (Å²) in [5, 5.41) is 8.99. The molecule has 138 valence electrons. The number of esters is 1. The highest BCUT2D eigenvalue weighted by atomic mass is 16.5. The van der Waals surface area contributed by atoms with Gasteiger partial charge in [-0.3, -0.25) is 4.79 Å². The Balaban J connectivity index is 2.00. The Morgan fingerprint density at radius 3 is 2.48 bits per heavy atom. The molecule has 0 atom stereocenters. The average Bonchev–Trinajstić information content (AvgIpc) is 3.25. The summed E-state index contributed by atoms with van der Waals surface area (Å²) in [4.78, 5) is 37.6. The maximum Gasteiger partial charge on any atom is 0.340 e. The Labute approximate surface area is 155 Å². The number of allylic oxidation sites excluding steroid dienone is 1. The predicted octanol–water partition coefficient (Wildman–Crippen LogP) is 2.85. The predicted molar refractivity (Wildman–Crippen MR) is 95.4 cm³/mol. The van der Waals surface area contributed by atoms with Crippen molar-refractivity contribution in [3.8, 4) is 0 Å². The van der Waals surface area contributed by atoms with Crippen LogP contribution in [0.5, 0.6) is 0 Å². The standard InChI is InChI=1S/C20H17NO6/c1-12-17(20(25)26-2)16(10-13-5-7-14(8-6-13)19(23)24)18(22)21(12)11-15-4-3-9-27-15/h3-10H,11H2,1-2H3,(H,23,24)/b16-10-. The second kappa shape index (κ2) is 7.33. The molecule has 1 aromatic carbocycles. The van der Waals surface area contributed by atoms with Gasteiger partial charge in [-0.25, -0.2) is 9.59 Å². The maximum atomic E-state index is 12.9. The summed E-state index contributed by atoms with van der Waals surface area (Å²) in [7, 11) is 1.25. The number of hydrogen-bond donors (Lipinski definition) is 1. The largest absolute Gasteiger partial charge is 0.478 e. The van der Waals surface area contributed by atoms with Crippen LogP contribution in [0.15, 0.2) is 63.9 Å². The zero-order chi connectivity index (χ0) is 19.6. The van der Waals surface area contributed by atoms with E-state index in [0.717, 1.165) is 0 Å². The van der Waals surface area contributed by atoms with E-state index >= 15 is 0 Å². The van der Waals surface area contributed by atoms with Gasteiger partial charge < -0.3 is 19.2 Å². The fourth-order valence-corrected chi connectivity index (χ4v) is 2.87. The Morgan fingerprint density at radius 1 is 1.22 bits per heavy atom. The van der Waals surface area contributed by atoms with Crippen LogP contribution in [0.4, 0.5) is 0 Å². The van der Waals surface area contributed by atoms with Crippen LogP contribution in [0.3, 0.4) is 0 Å². The number of carbonyl (C=O) groups excluding carboxylic acids is 2.